The van der Waals surface area contributed by atoms with Crippen LogP contribution in [0.25, 0.3) is 0 Å². The molecule has 2 rings (SSSR count). The topological polar surface area (TPSA) is 67.4 Å². The molecule has 2 aromatic rings. The summed E-state index contributed by atoms with van der Waals surface area (Å²) in [5.74, 6) is 0.638. The summed E-state index contributed by atoms with van der Waals surface area (Å²) in [6, 6.07) is 9.63. The minimum Gasteiger partial charge on any atom is -0.497 e. The summed E-state index contributed by atoms with van der Waals surface area (Å²) in [5, 5.41) is 6.52. The number of carbonyl (C=O) groups is 2. The van der Waals surface area contributed by atoms with Crippen LogP contribution in [-0.2, 0) is 11.2 Å². The van der Waals surface area contributed by atoms with Gasteiger partial charge in [0.1, 0.15) is 5.75 Å². The van der Waals surface area contributed by atoms with Gasteiger partial charge >= 0.3 is 0 Å². The highest BCUT2D eigenvalue weighted by Crippen LogP contribution is 2.28. The molecule has 2 amide bonds. The molecule has 0 aliphatic rings. The second-order valence-corrected chi connectivity index (χ2v) is 8.23. The lowest BCUT2D eigenvalue weighted by atomic mass is 9.96. The van der Waals surface area contributed by atoms with Gasteiger partial charge in [-0.15, -0.1) is 11.3 Å². The second kappa shape index (κ2) is 8.36. The van der Waals surface area contributed by atoms with Gasteiger partial charge in [-0.2, -0.15) is 0 Å². The van der Waals surface area contributed by atoms with E-state index in [-0.39, 0.29) is 11.8 Å². The van der Waals surface area contributed by atoms with Crippen molar-refractivity contribution in [2.24, 2.45) is 5.41 Å². The Hall–Kier alpha value is -2.34. The first-order valence-electron chi connectivity index (χ1n) is 8.53. The van der Waals surface area contributed by atoms with Gasteiger partial charge < -0.3 is 15.4 Å². The van der Waals surface area contributed by atoms with E-state index < -0.39 is 5.41 Å². The Morgan fingerprint density at radius 3 is 2.38 bits per heavy atom. The third-order valence-corrected chi connectivity index (χ3v) is 5.05. The molecule has 0 atom stereocenters. The van der Waals surface area contributed by atoms with Gasteiger partial charge in [0, 0.05) is 12.0 Å². The zero-order valence-corrected chi connectivity index (χ0v) is 16.8. The van der Waals surface area contributed by atoms with Crippen molar-refractivity contribution in [3.05, 3.63) is 46.3 Å². The van der Waals surface area contributed by atoms with Crippen LogP contribution in [0.15, 0.2) is 30.3 Å². The number of hydrogen-bond acceptors (Lipinski definition) is 4. The van der Waals surface area contributed by atoms with Crippen molar-refractivity contribution in [3.8, 4) is 5.75 Å². The maximum atomic E-state index is 12.4. The standard InChI is InChI=1S/C20H26N2O3S/c1-13-12-16(22-19(24)20(2,3)4)26-17(13)18(23)21-11-10-14-6-8-15(25-5)9-7-14/h6-9,12H,10-11H2,1-5H3,(H,21,23)(H,22,24). The molecular weight excluding hydrogens is 348 g/mol. The number of aryl methyl sites for hydroxylation is 1. The van der Waals surface area contributed by atoms with Gasteiger partial charge in [0.05, 0.1) is 17.0 Å². The van der Waals surface area contributed by atoms with Crippen LogP contribution in [0.5, 0.6) is 5.75 Å². The summed E-state index contributed by atoms with van der Waals surface area (Å²) >= 11 is 1.30. The maximum Gasteiger partial charge on any atom is 0.261 e. The van der Waals surface area contributed by atoms with Gasteiger partial charge in [-0.3, -0.25) is 9.59 Å². The molecule has 0 bridgehead atoms. The summed E-state index contributed by atoms with van der Waals surface area (Å²) < 4.78 is 5.14. The molecule has 2 N–H and O–H groups in total. The first-order chi connectivity index (χ1) is 12.2. The smallest absolute Gasteiger partial charge is 0.261 e. The third-order valence-electron chi connectivity index (χ3n) is 3.90. The summed E-state index contributed by atoms with van der Waals surface area (Å²) in [6.45, 7) is 7.99. The number of ether oxygens (including phenoxy) is 1. The Labute approximate surface area is 158 Å². The normalized spacial score (nSPS) is 11.1. The molecule has 0 radical (unpaired) electrons. The quantitative estimate of drug-likeness (QED) is 0.802. The average molecular weight is 375 g/mol. The number of rotatable bonds is 6. The van der Waals surface area contributed by atoms with Crippen LogP contribution in [-0.4, -0.2) is 25.5 Å². The van der Waals surface area contributed by atoms with E-state index in [1.165, 1.54) is 11.3 Å². The number of nitrogens with one attached hydrogen (secondary N) is 2. The Bertz CT molecular complexity index is 773. The summed E-state index contributed by atoms with van der Waals surface area (Å²) in [5.41, 5.74) is 1.52. The molecule has 140 valence electrons. The predicted octanol–water partition coefficient (Wildman–Crippen LogP) is 4.02. The molecule has 0 saturated heterocycles. The molecule has 1 aromatic heterocycles. The van der Waals surface area contributed by atoms with E-state index in [1.807, 2.05) is 58.0 Å². The number of anilines is 1. The van der Waals surface area contributed by atoms with Crippen LogP contribution in [0, 0.1) is 12.3 Å². The monoisotopic (exact) mass is 374 g/mol. The Morgan fingerprint density at radius 2 is 1.81 bits per heavy atom. The highest BCUT2D eigenvalue weighted by Gasteiger charge is 2.23. The molecule has 5 nitrogen and oxygen atoms in total. The van der Waals surface area contributed by atoms with E-state index in [0.717, 1.165) is 23.3 Å². The highest BCUT2D eigenvalue weighted by atomic mass is 32.1. The fourth-order valence-electron chi connectivity index (χ4n) is 2.26. The van der Waals surface area contributed by atoms with Gasteiger partial charge in [-0.25, -0.2) is 0 Å². The highest BCUT2D eigenvalue weighted by molar-refractivity contribution is 7.18. The number of benzene rings is 1. The van der Waals surface area contributed by atoms with Crippen molar-refractivity contribution in [3.63, 3.8) is 0 Å². The second-order valence-electron chi connectivity index (χ2n) is 7.18. The fraction of sp³-hybridized carbons (Fsp3) is 0.400. The van der Waals surface area contributed by atoms with E-state index >= 15 is 0 Å². The van der Waals surface area contributed by atoms with E-state index in [9.17, 15) is 9.59 Å². The molecular formula is C20H26N2O3S. The lowest BCUT2D eigenvalue weighted by molar-refractivity contribution is -0.123. The van der Waals surface area contributed by atoms with Crippen LogP contribution >= 0.6 is 11.3 Å². The molecule has 0 aliphatic heterocycles. The van der Waals surface area contributed by atoms with Crippen molar-refractivity contribution < 1.29 is 14.3 Å². The summed E-state index contributed by atoms with van der Waals surface area (Å²) in [4.78, 5) is 25.1. The summed E-state index contributed by atoms with van der Waals surface area (Å²) in [7, 11) is 1.64. The molecule has 0 saturated carbocycles. The third kappa shape index (κ3) is 5.33. The molecule has 0 aliphatic carbocycles. The van der Waals surface area contributed by atoms with Gasteiger partial charge in [-0.05, 0) is 42.7 Å². The molecule has 1 aromatic carbocycles. The van der Waals surface area contributed by atoms with Gasteiger partial charge in [-0.1, -0.05) is 32.9 Å². The largest absolute Gasteiger partial charge is 0.497 e. The van der Waals surface area contributed by atoms with Crippen LogP contribution in [0.4, 0.5) is 5.00 Å². The minimum absolute atomic E-state index is 0.0646. The van der Waals surface area contributed by atoms with Crippen molar-refractivity contribution in [2.45, 2.75) is 34.1 Å². The SMILES string of the molecule is COc1ccc(CCNC(=O)c2sc(NC(=O)C(C)(C)C)cc2C)cc1. The Balaban J connectivity index is 1.91. The van der Waals surface area contributed by atoms with E-state index in [1.54, 1.807) is 7.11 Å². The molecule has 6 heteroatoms. The summed E-state index contributed by atoms with van der Waals surface area (Å²) in [6.07, 6.45) is 0.744. The Kier molecular flexibility index (Phi) is 6.42. The van der Waals surface area contributed by atoms with Crippen LogP contribution in [0.3, 0.4) is 0 Å². The van der Waals surface area contributed by atoms with Crippen molar-refractivity contribution >= 4 is 28.2 Å². The zero-order valence-electron chi connectivity index (χ0n) is 15.9. The number of hydrogen-bond donors (Lipinski definition) is 2. The minimum atomic E-state index is -0.474. The van der Waals surface area contributed by atoms with E-state index in [2.05, 4.69) is 10.6 Å². The van der Waals surface area contributed by atoms with Crippen molar-refractivity contribution in [1.82, 2.24) is 5.32 Å². The van der Waals surface area contributed by atoms with Crippen LogP contribution < -0.4 is 15.4 Å². The first-order valence-corrected chi connectivity index (χ1v) is 9.35. The van der Waals surface area contributed by atoms with Gasteiger partial charge in [0.15, 0.2) is 0 Å². The fourth-order valence-corrected chi connectivity index (χ4v) is 3.25. The number of carbonyl (C=O) groups excluding carboxylic acids is 2. The maximum absolute atomic E-state index is 12.4. The molecule has 0 unspecified atom stereocenters. The van der Waals surface area contributed by atoms with Crippen molar-refractivity contribution in [1.29, 1.82) is 0 Å². The van der Waals surface area contributed by atoms with Gasteiger partial charge in [0.2, 0.25) is 5.91 Å². The number of amides is 2. The average Bonchev–Trinajstić information content (AvgIpc) is 2.95. The van der Waals surface area contributed by atoms with E-state index in [4.69, 9.17) is 4.74 Å². The predicted molar refractivity (Wildman–Crippen MR) is 106 cm³/mol. The number of methoxy groups -OCH3 is 1. The van der Waals surface area contributed by atoms with E-state index in [0.29, 0.717) is 16.4 Å². The van der Waals surface area contributed by atoms with Crippen LogP contribution in [0.1, 0.15) is 41.6 Å². The van der Waals surface area contributed by atoms with Gasteiger partial charge in [0.25, 0.3) is 5.91 Å². The zero-order chi connectivity index (χ0) is 19.3. The molecule has 1 heterocycles. The Morgan fingerprint density at radius 1 is 1.15 bits per heavy atom. The number of thiophene rings is 1. The molecule has 0 fully saturated rings. The molecule has 26 heavy (non-hydrogen) atoms. The lowest BCUT2D eigenvalue weighted by Gasteiger charge is -2.16. The first kappa shape index (κ1) is 20.0. The molecule has 0 spiro atoms. The lowest BCUT2D eigenvalue weighted by Crippen LogP contribution is -2.27. The van der Waals surface area contributed by atoms with Crippen molar-refractivity contribution in [2.75, 3.05) is 19.0 Å². The van der Waals surface area contributed by atoms with Crippen LogP contribution in [0.2, 0.25) is 0 Å².